The lowest BCUT2D eigenvalue weighted by Gasteiger charge is -1.89. The van der Waals surface area contributed by atoms with Crippen molar-refractivity contribution in [3.05, 3.63) is 0 Å². The third-order valence-corrected chi connectivity index (χ3v) is 0.823. The molecule has 0 amide bonds. The molecule has 0 aromatic heterocycles. The molecule has 0 saturated carbocycles. The molecule has 0 fully saturated rings. The quantitative estimate of drug-likeness (QED) is 0.350. The number of rotatable bonds is 3. The number of hydrogen-bond donors (Lipinski definition) is 1. The van der Waals surface area contributed by atoms with Crippen molar-refractivity contribution in [1.29, 1.82) is 0 Å². The second kappa shape index (κ2) is 9.88. The molecule has 0 aromatic carbocycles. The Balaban J connectivity index is 0. The maximum atomic E-state index is 4.73. The Bertz CT molecular complexity index is 23.7. The van der Waals surface area contributed by atoms with Crippen molar-refractivity contribution in [3.8, 4) is 0 Å². The van der Waals surface area contributed by atoms with E-state index in [1.165, 1.54) is 0 Å². The zero-order valence-electron chi connectivity index (χ0n) is 4.68. The fourth-order valence-electron chi connectivity index (χ4n) is 0.209. The predicted octanol–water partition coefficient (Wildman–Crippen LogP) is 1.01. The molecule has 0 saturated heterocycles. The van der Waals surface area contributed by atoms with E-state index in [0.29, 0.717) is 0 Å². The van der Waals surface area contributed by atoms with Gasteiger partial charge in [-0.3, -0.25) is 0 Å². The SMILES string of the molecule is COCCCS.P. The normalized spacial score (nSPS) is 7.71. The average Bonchev–Trinajstić information content (AvgIpc) is 1.61. The van der Waals surface area contributed by atoms with Gasteiger partial charge in [-0.15, -0.1) is 0 Å². The van der Waals surface area contributed by atoms with Gasteiger partial charge in [0.05, 0.1) is 0 Å². The highest BCUT2D eigenvalue weighted by molar-refractivity contribution is 7.80. The van der Waals surface area contributed by atoms with E-state index in [-0.39, 0.29) is 9.90 Å². The Hall–Kier alpha value is 0.740. The summed E-state index contributed by atoms with van der Waals surface area (Å²) in [5, 5.41) is 0. The minimum atomic E-state index is 0. The van der Waals surface area contributed by atoms with E-state index in [1.807, 2.05) is 0 Å². The Kier molecular flexibility index (Phi) is 15.1. The van der Waals surface area contributed by atoms with Gasteiger partial charge in [0.25, 0.3) is 0 Å². The number of hydrogen-bond acceptors (Lipinski definition) is 2. The van der Waals surface area contributed by atoms with Crippen LogP contribution >= 0.6 is 22.5 Å². The standard InChI is InChI=1S/C4H10OS.H3P/c1-5-3-2-4-6;/h6H,2-4H2,1H3;1H3. The molecule has 0 spiro atoms. The van der Waals surface area contributed by atoms with Crippen LogP contribution in [0.25, 0.3) is 0 Å². The van der Waals surface area contributed by atoms with Gasteiger partial charge < -0.3 is 4.74 Å². The first kappa shape index (κ1) is 10.7. The molecule has 0 radical (unpaired) electrons. The molecule has 0 bridgehead atoms. The minimum absolute atomic E-state index is 0. The van der Waals surface area contributed by atoms with E-state index in [0.717, 1.165) is 18.8 Å². The maximum Gasteiger partial charge on any atom is 0.0470 e. The van der Waals surface area contributed by atoms with Crippen molar-refractivity contribution >= 4 is 22.5 Å². The van der Waals surface area contributed by atoms with Crippen LogP contribution < -0.4 is 0 Å². The van der Waals surface area contributed by atoms with Crippen LogP contribution in [0.1, 0.15) is 6.42 Å². The lowest BCUT2D eigenvalue weighted by Crippen LogP contribution is -1.86. The van der Waals surface area contributed by atoms with Crippen molar-refractivity contribution in [3.63, 3.8) is 0 Å². The smallest absolute Gasteiger partial charge is 0.0470 e. The third-order valence-electron chi connectivity index (χ3n) is 0.507. The molecule has 0 N–H and O–H groups in total. The van der Waals surface area contributed by atoms with E-state index in [2.05, 4.69) is 12.6 Å². The largest absolute Gasteiger partial charge is 0.385 e. The Morgan fingerprint density at radius 3 is 2.29 bits per heavy atom. The lowest BCUT2D eigenvalue weighted by molar-refractivity contribution is 0.200. The van der Waals surface area contributed by atoms with Crippen LogP contribution in [0.5, 0.6) is 0 Å². The van der Waals surface area contributed by atoms with Gasteiger partial charge in [0.1, 0.15) is 0 Å². The van der Waals surface area contributed by atoms with Crippen molar-refractivity contribution in [2.75, 3.05) is 19.5 Å². The summed E-state index contributed by atoms with van der Waals surface area (Å²) in [6, 6.07) is 0. The third kappa shape index (κ3) is 10.8. The van der Waals surface area contributed by atoms with Crippen LogP contribution in [0.4, 0.5) is 0 Å². The summed E-state index contributed by atoms with van der Waals surface area (Å²) < 4.78 is 4.73. The molecule has 1 nitrogen and oxygen atoms in total. The lowest BCUT2D eigenvalue weighted by atomic mass is 10.5. The van der Waals surface area contributed by atoms with Crippen LogP contribution in [0.15, 0.2) is 0 Å². The summed E-state index contributed by atoms with van der Waals surface area (Å²) in [5.74, 6) is 0.924. The van der Waals surface area contributed by atoms with Crippen molar-refractivity contribution in [2.24, 2.45) is 0 Å². The van der Waals surface area contributed by atoms with E-state index < -0.39 is 0 Å². The van der Waals surface area contributed by atoms with Crippen molar-refractivity contribution in [1.82, 2.24) is 0 Å². The molecule has 46 valence electrons. The van der Waals surface area contributed by atoms with Gasteiger partial charge in [-0.1, -0.05) is 0 Å². The Morgan fingerprint density at radius 2 is 2.14 bits per heavy atom. The van der Waals surface area contributed by atoms with Crippen LogP contribution in [0.2, 0.25) is 0 Å². The van der Waals surface area contributed by atoms with Gasteiger partial charge in [-0.2, -0.15) is 22.5 Å². The summed E-state index contributed by atoms with van der Waals surface area (Å²) in [6.45, 7) is 0.837. The van der Waals surface area contributed by atoms with Crippen LogP contribution in [-0.2, 0) is 4.74 Å². The second-order valence-electron chi connectivity index (χ2n) is 1.07. The van der Waals surface area contributed by atoms with E-state index in [1.54, 1.807) is 7.11 Å². The molecule has 0 aliphatic rings. The van der Waals surface area contributed by atoms with Gasteiger partial charge in [0.2, 0.25) is 0 Å². The zero-order valence-corrected chi connectivity index (χ0v) is 6.99. The van der Waals surface area contributed by atoms with Gasteiger partial charge in [-0.05, 0) is 12.2 Å². The summed E-state index contributed by atoms with van der Waals surface area (Å²) in [5.41, 5.74) is 0. The van der Waals surface area contributed by atoms with Gasteiger partial charge in [-0.25, -0.2) is 0 Å². The van der Waals surface area contributed by atoms with Crippen LogP contribution in [-0.4, -0.2) is 19.5 Å². The van der Waals surface area contributed by atoms with E-state index in [9.17, 15) is 0 Å². The first-order chi connectivity index (χ1) is 2.91. The molecular formula is C4H13OPS. The first-order valence-electron chi connectivity index (χ1n) is 2.01. The first-order valence-corrected chi connectivity index (χ1v) is 2.65. The minimum Gasteiger partial charge on any atom is -0.385 e. The average molecular weight is 140 g/mol. The molecular weight excluding hydrogens is 127 g/mol. The van der Waals surface area contributed by atoms with E-state index in [4.69, 9.17) is 4.74 Å². The van der Waals surface area contributed by atoms with Crippen LogP contribution in [0, 0.1) is 0 Å². The number of thiol groups is 1. The molecule has 1 atom stereocenters. The molecule has 1 unspecified atom stereocenters. The Labute approximate surface area is 53.9 Å². The molecule has 0 aromatic rings. The van der Waals surface area contributed by atoms with Gasteiger partial charge in [0.15, 0.2) is 0 Å². The summed E-state index contributed by atoms with van der Waals surface area (Å²) in [4.78, 5) is 0. The fourth-order valence-corrected chi connectivity index (χ4v) is 0.338. The maximum absolute atomic E-state index is 4.73. The van der Waals surface area contributed by atoms with Crippen molar-refractivity contribution < 1.29 is 4.74 Å². The topological polar surface area (TPSA) is 9.23 Å². The number of ether oxygens (including phenoxy) is 1. The highest BCUT2D eigenvalue weighted by Crippen LogP contribution is 1.81. The molecule has 0 heterocycles. The molecule has 3 heteroatoms. The highest BCUT2D eigenvalue weighted by atomic mass is 32.1. The summed E-state index contributed by atoms with van der Waals surface area (Å²) in [6.07, 6.45) is 1.06. The van der Waals surface area contributed by atoms with Gasteiger partial charge >= 0.3 is 0 Å². The highest BCUT2D eigenvalue weighted by Gasteiger charge is 1.75. The molecule has 0 rings (SSSR count). The summed E-state index contributed by atoms with van der Waals surface area (Å²) in [7, 11) is 1.70. The number of methoxy groups -OCH3 is 1. The fraction of sp³-hybridized carbons (Fsp3) is 1.00. The van der Waals surface area contributed by atoms with E-state index >= 15 is 0 Å². The summed E-state index contributed by atoms with van der Waals surface area (Å²) >= 11 is 3.97. The second-order valence-corrected chi connectivity index (χ2v) is 1.52. The van der Waals surface area contributed by atoms with Crippen molar-refractivity contribution in [2.45, 2.75) is 6.42 Å². The molecule has 0 aliphatic heterocycles. The molecule has 7 heavy (non-hydrogen) atoms. The Morgan fingerprint density at radius 1 is 1.57 bits per heavy atom. The van der Waals surface area contributed by atoms with Gasteiger partial charge in [0, 0.05) is 13.7 Å². The molecule has 0 aliphatic carbocycles. The van der Waals surface area contributed by atoms with Crippen LogP contribution in [0.3, 0.4) is 0 Å². The predicted molar refractivity (Wildman–Crippen MR) is 41.5 cm³/mol. The monoisotopic (exact) mass is 140 g/mol. The zero-order chi connectivity index (χ0) is 4.83.